The van der Waals surface area contributed by atoms with Crippen LogP contribution < -0.4 is 10.6 Å². The van der Waals surface area contributed by atoms with Crippen molar-refractivity contribution >= 4 is 29.9 Å². The molecule has 0 radical (unpaired) electrons. The lowest BCUT2D eigenvalue weighted by atomic mass is 9.96. The third-order valence-corrected chi connectivity index (χ3v) is 4.73. The third kappa shape index (κ3) is 4.96. The van der Waals surface area contributed by atoms with Crippen molar-refractivity contribution in [1.82, 2.24) is 15.8 Å². The molecule has 0 bridgehead atoms. The van der Waals surface area contributed by atoms with Crippen LogP contribution in [-0.2, 0) is 12.0 Å². The zero-order chi connectivity index (χ0) is 17.9. The van der Waals surface area contributed by atoms with Crippen LogP contribution in [0.1, 0.15) is 49.6 Å². The molecule has 0 aliphatic heterocycles. The van der Waals surface area contributed by atoms with Gasteiger partial charge in [0.05, 0.1) is 12.2 Å². The summed E-state index contributed by atoms with van der Waals surface area (Å²) in [4.78, 5) is 4.26. The minimum absolute atomic E-state index is 0. The summed E-state index contributed by atoms with van der Waals surface area (Å²) in [5, 5.41) is 10.7. The molecule has 0 atom stereocenters. The number of nitrogens with one attached hydrogen (secondary N) is 2. The fourth-order valence-electron chi connectivity index (χ4n) is 2.85. The summed E-state index contributed by atoms with van der Waals surface area (Å²) >= 11 is 0. The van der Waals surface area contributed by atoms with E-state index in [1.807, 2.05) is 18.2 Å². The Morgan fingerprint density at radius 3 is 2.50 bits per heavy atom. The average Bonchev–Trinajstić information content (AvgIpc) is 3.24. The molecule has 1 heterocycles. The highest BCUT2D eigenvalue weighted by Gasteiger charge is 2.44. The molecular formula is C19H26FIN4O. The Kier molecular flexibility index (Phi) is 7.02. The number of hydrogen-bond acceptors (Lipinski definition) is 3. The molecule has 1 fully saturated rings. The SMILES string of the molecule is CN=C(NCc1cc(C(C)C)no1)NCC1(c2ccc(F)cc2)CC1.I. The maximum atomic E-state index is 13.1. The first kappa shape index (κ1) is 20.7. The van der Waals surface area contributed by atoms with Gasteiger partial charge in [-0.15, -0.1) is 24.0 Å². The van der Waals surface area contributed by atoms with Crippen LogP contribution >= 0.6 is 24.0 Å². The number of rotatable bonds is 6. The van der Waals surface area contributed by atoms with Crippen LogP contribution in [0, 0.1) is 5.82 Å². The molecule has 0 saturated heterocycles. The molecule has 5 nitrogen and oxygen atoms in total. The number of aliphatic imine (C=N–C) groups is 1. The number of aromatic nitrogens is 1. The monoisotopic (exact) mass is 472 g/mol. The molecule has 1 aliphatic carbocycles. The van der Waals surface area contributed by atoms with Crippen LogP contribution in [0.15, 0.2) is 39.8 Å². The molecule has 1 aromatic heterocycles. The zero-order valence-corrected chi connectivity index (χ0v) is 17.7. The molecule has 1 saturated carbocycles. The average molecular weight is 472 g/mol. The Morgan fingerprint density at radius 1 is 1.27 bits per heavy atom. The van der Waals surface area contributed by atoms with Crippen molar-refractivity contribution in [3.05, 3.63) is 53.2 Å². The molecule has 142 valence electrons. The molecule has 3 rings (SSSR count). The quantitative estimate of drug-likeness (QED) is 0.380. The number of guanidine groups is 1. The predicted molar refractivity (Wildman–Crippen MR) is 112 cm³/mol. The minimum Gasteiger partial charge on any atom is -0.359 e. The fourth-order valence-corrected chi connectivity index (χ4v) is 2.85. The summed E-state index contributed by atoms with van der Waals surface area (Å²) in [7, 11) is 1.74. The highest BCUT2D eigenvalue weighted by molar-refractivity contribution is 14.0. The predicted octanol–water partition coefficient (Wildman–Crippen LogP) is 3.95. The van der Waals surface area contributed by atoms with Gasteiger partial charge in [-0.25, -0.2) is 4.39 Å². The van der Waals surface area contributed by atoms with Gasteiger partial charge in [0.2, 0.25) is 0 Å². The van der Waals surface area contributed by atoms with Crippen molar-refractivity contribution in [2.45, 2.75) is 44.6 Å². The van der Waals surface area contributed by atoms with Crippen LogP contribution in [0.3, 0.4) is 0 Å². The Bertz CT molecular complexity index is 738. The van der Waals surface area contributed by atoms with Crippen LogP contribution in [0.4, 0.5) is 4.39 Å². The fraction of sp³-hybridized carbons (Fsp3) is 0.474. The first-order valence-electron chi connectivity index (χ1n) is 8.68. The van der Waals surface area contributed by atoms with E-state index in [4.69, 9.17) is 4.52 Å². The Morgan fingerprint density at radius 2 is 1.96 bits per heavy atom. The highest BCUT2D eigenvalue weighted by atomic mass is 127. The van der Waals surface area contributed by atoms with Crippen LogP contribution in [0.2, 0.25) is 0 Å². The Hall–Kier alpha value is -1.64. The summed E-state index contributed by atoms with van der Waals surface area (Å²) in [6.07, 6.45) is 2.20. The Balaban J connectivity index is 0.00000243. The maximum absolute atomic E-state index is 13.1. The van der Waals surface area contributed by atoms with Gasteiger partial charge in [0.1, 0.15) is 5.82 Å². The number of hydrogen-bond donors (Lipinski definition) is 2. The van der Waals surface area contributed by atoms with Crippen molar-refractivity contribution in [3.63, 3.8) is 0 Å². The lowest BCUT2D eigenvalue weighted by Crippen LogP contribution is -2.40. The largest absolute Gasteiger partial charge is 0.359 e. The normalized spacial score (nSPS) is 15.5. The van der Waals surface area contributed by atoms with Crippen molar-refractivity contribution in [3.8, 4) is 0 Å². The van der Waals surface area contributed by atoms with Crippen LogP contribution in [-0.4, -0.2) is 24.7 Å². The van der Waals surface area contributed by atoms with Crippen molar-refractivity contribution in [2.75, 3.05) is 13.6 Å². The van der Waals surface area contributed by atoms with E-state index < -0.39 is 0 Å². The summed E-state index contributed by atoms with van der Waals surface area (Å²) in [6.45, 7) is 5.47. The van der Waals surface area contributed by atoms with Gasteiger partial charge in [-0.05, 0) is 36.5 Å². The molecule has 0 spiro atoms. The molecular weight excluding hydrogens is 446 g/mol. The van der Waals surface area contributed by atoms with E-state index in [9.17, 15) is 4.39 Å². The molecule has 26 heavy (non-hydrogen) atoms. The lowest BCUT2D eigenvalue weighted by molar-refractivity contribution is 0.372. The van der Waals surface area contributed by atoms with E-state index in [2.05, 4.69) is 34.6 Å². The standard InChI is InChI=1S/C19H25FN4O.HI/c1-13(2)17-10-16(25-24-17)11-22-18(21-3)23-12-19(8-9-19)14-4-6-15(20)7-5-14;/h4-7,10,13H,8-9,11-12H2,1-3H3,(H2,21,22,23);1H. The third-order valence-electron chi connectivity index (χ3n) is 4.73. The number of halogens is 2. The van der Waals surface area contributed by atoms with Gasteiger partial charge in [0.15, 0.2) is 11.7 Å². The van der Waals surface area contributed by atoms with Gasteiger partial charge in [-0.3, -0.25) is 4.99 Å². The topological polar surface area (TPSA) is 62.5 Å². The summed E-state index contributed by atoms with van der Waals surface area (Å²) in [5.74, 6) is 1.65. The summed E-state index contributed by atoms with van der Waals surface area (Å²) in [6, 6.07) is 8.77. The van der Waals surface area contributed by atoms with Gasteiger partial charge < -0.3 is 15.2 Å². The Labute approximate surface area is 170 Å². The molecule has 2 aromatic rings. The second kappa shape index (κ2) is 8.83. The van der Waals surface area contributed by atoms with E-state index in [1.165, 1.54) is 17.7 Å². The van der Waals surface area contributed by atoms with Gasteiger partial charge >= 0.3 is 0 Å². The lowest BCUT2D eigenvalue weighted by Gasteiger charge is -2.18. The first-order valence-corrected chi connectivity index (χ1v) is 8.68. The van der Waals surface area contributed by atoms with E-state index in [0.29, 0.717) is 12.5 Å². The highest BCUT2D eigenvalue weighted by Crippen LogP contribution is 2.47. The molecule has 0 unspecified atom stereocenters. The second-order valence-corrected chi connectivity index (χ2v) is 6.94. The van der Waals surface area contributed by atoms with Gasteiger partial charge in [0, 0.05) is 25.1 Å². The van der Waals surface area contributed by atoms with Gasteiger partial charge in [-0.2, -0.15) is 0 Å². The van der Waals surface area contributed by atoms with Crippen molar-refractivity contribution < 1.29 is 8.91 Å². The summed E-state index contributed by atoms with van der Waals surface area (Å²) in [5.41, 5.74) is 2.21. The van der Waals surface area contributed by atoms with Crippen molar-refractivity contribution in [1.29, 1.82) is 0 Å². The zero-order valence-electron chi connectivity index (χ0n) is 15.4. The second-order valence-electron chi connectivity index (χ2n) is 6.94. The summed E-state index contributed by atoms with van der Waals surface area (Å²) < 4.78 is 18.4. The van der Waals surface area contributed by atoms with Gasteiger partial charge in [-0.1, -0.05) is 31.1 Å². The molecule has 7 heteroatoms. The van der Waals surface area contributed by atoms with Crippen LogP contribution in [0.5, 0.6) is 0 Å². The van der Waals surface area contributed by atoms with E-state index >= 15 is 0 Å². The van der Waals surface area contributed by atoms with E-state index in [0.717, 1.165) is 36.8 Å². The molecule has 1 aliphatic rings. The number of benzene rings is 1. The van der Waals surface area contributed by atoms with Crippen molar-refractivity contribution in [2.24, 2.45) is 4.99 Å². The number of nitrogens with zero attached hydrogens (tertiary/aromatic N) is 2. The molecule has 2 N–H and O–H groups in total. The maximum Gasteiger partial charge on any atom is 0.191 e. The molecule has 1 aromatic carbocycles. The van der Waals surface area contributed by atoms with Crippen LogP contribution in [0.25, 0.3) is 0 Å². The van der Waals surface area contributed by atoms with E-state index in [1.54, 1.807) is 7.05 Å². The molecule has 0 amide bonds. The van der Waals surface area contributed by atoms with Gasteiger partial charge in [0.25, 0.3) is 0 Å². The van der Waals surface area contributed by atoms with E-state index in [-0.39, 0.29) is 35.2 Å². The first-order chi connectivity index (χ1) is 12.0. The minimum atomic E-state index is -0.196. The smallest absolute Gasteiger partial charge is 0.191 e.